The molecule has 2 N–H and O–H groups in total. The smallest absolute Gasteiger partial charge is 0.323 e. The molecule has 1 saturated carbocycles. The second-order valence-electron chi connectivity index (χ2n) is 5.09. The topological polar surface area (TPSA) is 91.8 Å². The Morgan fingerprint density at radius 3 is 2.76 bits per heavy atom. The third-order valence-electron chi connectivity index (χ3n) is 3.24. The fourth-order valence-corrected chi connectivity index (χ4v) is 1.92. The Morgan fingerprint density at radius 1 is 1.48 bits per heavy atom. The third kappa shape index (κ3) is 4.94. The zero-order chi connectivity index (χ0) is 15.2. The molecular formula is C14H19N3O4. The second-order valence-corrected chi connectivity index (χ2v) is 5.09. The van der Waals surface area contributed by atoms with Crippen molar-refractivity contribution in [2.24, 2.45) is 5.92 Å². The SMILES string of the molecule is COc1ccc(CNC(=O)N(CC(=O)O)CC2CC2)cn1. The van der Waals surface area contributed by atoms with E-state index >= 15 is 0 Å². The number of carboxylic acids is 1. The molecule has 1 heterocycles. The highest BCUT2D eigenvalue weighted by Crippen LogP contribution is 2.29. The van der Waals surface area contributed by atoms with Gasteiger partial charge in [0.15, 0.2) is 0 Å². The molecule has 0 aromatic carbocycles. The molecule has 0 spiro atoms. The lowest BCUT2D eigenvalue weighted by Crippen LogP contribution is -2.43. The van der Waals surface area contributed by atoms with Crippen LogP contribution in [0.5, 0.6) is 5.88 Å². The highest BCUT2D eigenvalue weighted by molar-refractivity contribution is 5.80. The molecule has 21 heavy (non-hydrogen) atoms. The van der Waals surface area contributed by atoms with E-state index in [1.807, 2.05) is 0 Å². The van der Waals surface area contributed by atoms with Gasteiger partial charge in [-0.15, -0.1) is 0 Å². The first kappa shape index (κ1) is 15.1. The van der Waals surface area contributed by atoms with Crippen molar-refractivity contribution >= 4 is 12.0 Å². The van der Waals surface area contributed by atoms with Gasteiger partial charge in [0.2, 0.25) is 5.88 Å². The van der Waals surface area contributed by atoms with Crippen molar-refractivity contribution in [3.05, 3.63) is 23.9 Å². The van der Waals surface area contributed by atoms with Crippen LogP contribution in [0.25, 0.3) is 0 Å². The van der Waals surface area contributed by atoms with Crippen LogP contribution in [0.2, 0.25) is 0 Å². The number of pyridine rings is 1. The maximum atomic E-state index is 12.0. The van der Waals surface area contributed by atoms with Gasteiger partial charge in [-0.3, -0.25) is 4.79 Å². The van der Waals surface area contributed by atoms with Gasteiger partial charge < -0.3 is 20.1 Å². The number of urea groups is 1. The minimum absolute atomic E-state index is 0.275. The first-order valence-corrected chi connectivity index (χ1v) is 6.82. The van der Waals surface area contributed by atoms with E-state index in [0.29, 0.717) is 24.9 Å². The Balaban J connectivity index is 1.86. The maximum absolute atomic E-state index is 12.0. The molecule has 2 rings (SSSR count). The molecule has 114 valence electrons. The van der Waals surface area contributed by atoms with Crippen LogP contribution in [0, 0.1) is 5.92 Å². The van der Waals surface area contributed by atoms with Gasteiger partial charge in [0.1, 0.15) is 6.54 Å². The lowest BCUT2D eigenvalue weighted by atomic mass is 10.3. The summed E-state index contributed by atoms with van der Waals surface area (Å²) in [7, 11) is 1.53. The Bertz CT molecular complexity index is 499. The van der Waals surface area contributed by atoms with Crippen LogP contribution in [0.15, 0.2) is 18.3 Å². The van der Waals surface area contributed by atoms with Crippen LogP contribution in [0.3, 0.4) is 0 Å². The molecule has 1 aliphatic carbocycles. The quantitative estimate of drug-likeness (QED) is 0.785. The number of carboxylic acid groups (broad SMARTS) is 1. The van der Waals surface area contributed by atoms with Gasteiger partial charge in [-0.2, -0.15) is 0 Å². The summed E-state index contributed by atoms with van der Waals surface area (Å²) in [6.45, 7) is 0.527. The number of carbonyl (C=O) groups is 2. The lowest BCUT2D eigenvalue weighted by Gasteiger charge is -2.21. The number of ether oxygens (including phenoxy) is 1. The van der Waals surface area contributed by atoms with E-state index in [1.54, 1.807) is 18.3 Å². The largest absolute Gasteiger partial charge is 0.481 e. The number of hydrogen-bond donors (Lipinski definition) is 2. The number of methoxy groups -OCH3 is 1. The summed E-state index contributed by atoms with van der Waals surface area (Å²) < 4.78 is 4.96. The molecule has 0 saturated heterocycles. The minimum atomic E-state index is -1.00. The number of rotatable bonds is 7. The Labute approximate surface area is 122 Å². The van der Waals surface area contributed by atoms with E-state index in [0.717, 1.165) is 18.4 Å². The van der Waals surface area contributed by atoms with Gasteiger partial charge in [-0.1, -0.05) is 6.07 Å². The molecule has 1 fully saturated rings. The maximum Gasteiger partial charge on any atom is 0.323 e. The van der Waals surface area contributed by atoms with E-state index in [-0.39, 0.29) is 12.6 Å². The summed E-state index contributed by atoms with van der Waals surface area (Å²) in [5.74, 6) is -0.0546. The average molecular weight is 293 g/mol. The summed E-state index contributed by atoms with van der Waals surface area (Å²) in [4.78, 5) is 28.2. The molecule has 0 unspecified atom stereocenters. The van der Waals surface area contributed by atoms with Crippen molar-refractivity contribution in [1.29, 1.82) is 0 Å². The number of amides is 2. The van der Waals surface area contributed by atoms with E-state index < -0.39 is 5.97 Å². The predicted molar refractivity (Wildman–Crippen MR) is 75.0 cm³/mol. The molecule has 1 aromatic rings. The van der Waals surface area contributed by atoms with Gasteiger partial charge in [0.05, 0.1) is 7.11 Å². The van der Waals surface area contributed by atoms with Crippen molar-refractivity contribution in [1.82, 2.24) is 15.2 Å². The number of aliphatic carboxylic acids is 1. The zero-order valence-electron chi connectivity index (χ0n) is 11.9. The van der Waals surface area contributed by atoms with Gasteiger partial charge in [0, 0.05) is 25.4 Å². The van der Waals surface area contributed by atoms with Crippen LogP contribution in [0.1, 0.15) is 18.4 Å². The number of carbonyl (C=O) groups excluding carboxylic acids is 1. The van der Waals surface area contributed by atoms with Crippen LogP contribution in [-0.4, -0.2) is 47.2 Å². The van der Waals surface area contributed by atoms with Crippen LogP contribution < -0.4 is 10.1 Å². The molecular weight excluding hydrogens is 274 g/mol. The zero-order valence-corrected chi connectivity index (χ0v) is 11.9. The van der Waals surface area contributed by atoms with Crippen molar-refractivity contribution in [3.8, 4) is 5.88 Å². The molecule has 1 aliphatic rings. The summed E-state index contributed by atoms with van der Waals surface area (Å²) in [6, 6.07) is 3.15. The molecule has 0 atom stereocenters. The highest BCUT2D eigenvalue weighted by Gasteiger charge is 2.27. The number of nitrogens with one attached hydrogen (secondary N) is 1. The van der Waals surface area contributed by atoms with Gasteiger partial charge in [-0.05, 0) is 24.3 Å². The first-order chi connectivity index (χ1) is 10.1. The molecule has 7 nitrogen and oxygen atoms in total. The summed E-state index contributed by atoms with van der Waals surface area (Å²) in [5.41, 5.74) is 0.825. The van der Waals surface area contributed by atoms with Crippen molar-refractivity contribution in [2.45, 2.75) is 19.4 Å². The van der Waals surface area contributed by atoms with E-state index in [4.69, 9.17) is 9.84 Å². The Kier molecular flexibility index (Phi) is 4.97. The van der Waals surface area contributed by atoms with Gasteiger partial charge in [0.25, 0.3) is 0 Å². The Morgan fingerprint density at radius 2 is 2.24 bits per heavy atom. The number of nitrogens with zero attached hydrogens (tertiary/aromatic N) is 2. The van der Waals surface area contributed by atoms with Crippen molar-refractivity contribution < 1.29 is 19.4 Å². The fourth-order valence-electron chi connectivity index (χ4n) is 1.92. The summed E-state index contributed by atoms with van der Waals surface area (Å²) in [6.07, 6.45) is 3.74. The molecule has 1 aromatic heterocycles. The first-order valence-electron chi connectivity index (χ1n) is 6.82. The predicted octanol–water partition coefficient (Wildman–Crippen LogP) is 1.10. The summed E-state index contributed by atoms with van der Waals surface area (Å²) >= 11 is 0. The lowest BCUT2D eigenvalue weighted by molar-refractivity contribution is -0.137. The summed E-state index contributed by atoms with van der Waals surface area (Å²) in [5, 5.41) is 11.6. The highest BCUT2D eigenvalue weighted by atomic mass is 16.5. The van der Waals surface area contributed by atoms with Crippen molar-refractivity contribution in [2.75, 3.05) is 20.2 Å². The second kappa shape index (κ2) is 6.92. The third-order valence-corrected chi connectivity index (χ3v) is 3.24. The molecule has 0 bridgehead atoms. The molecule has 0 aliphatic heterocycles. The minimum Gasteiger partial charge on any atom is -0.481 e. The van der Waals surface area contributed by atoms with Gasteiger partial charge in [-0.25, -0.2) is 9.78 Å². The normalized spacial score (nSPS) is 13.6. The number of hydrogen-bond acceptors (Lipinski definition) is 4. The Hall–Kier alpha value is -2.31. The van der Waals surface area contributed by atoms with E-state index in [1.165, 1.54) is 12.0 Å². The van der Waals surface area contributed by atoms with Crippen LogP contribution in [0.4, 0.5) is 4.79 Å². The number of aromatic nitrogens is 1. The average Bonchev–Trinajstić information content (AvgIpc) is 3.28. The van der Waals surface area contributed by atoms with Crippen molar-refractivity contribution in [3.63, 3.8) is 0 Å². The van der Waals surface area contributed by atoms with Crippen LogP contribution >= 0.6 is 0 Å². The van der Waals surface area contributed by atoms with Crippen LogP contribution in [-0.2, 0) is 11.3 Å². The van der Waals surface area contributed by atoms with E-state index in [2.05, 4.69) is 10.3 Å². The van der Waals surface area contributed by atoms with Gasteiger partial charge >= 0.3 is 12.0 Å². The fraction of sp³-hybridized carbons (Fsp3) is 0.500. The molecule has 0 radical (unpaired) electrons. The molecule has 2 amide bonds. The van der Waals surface area contributed by atoms with E-state index in [9.17, 15) is 9.59 Å². The monoisotopic (exact) mass is 293 g/mol. The standard InChI is InChI=1S/C14H19N3O4/c1-21-12-5-4-11(6-15-12)7-16-14(20)17(9-13(18)19)8-10-2-3-10/h4-6,10H,2-3,7-9H2,1H3,(H,16,20)(H,18,19). The molecule has 7 heteroatoms.